The molecule has 26 heavy (non-hydrogen) atoms. The highest BCUT2D eigenvalue weighted by Gasteiger charge is 2.30. The molecule has 0 saturated carbocycles. The van der Waals surface area contributed by atoms with Gasteiger partial charge in [0.05, 0.1) is 0 Å². The lowest BCUT2D eigenvalue weighted by Gasteiger charge is -2.33. The van der Waals surface area contributed by atoms with Gasteiger partial charge in [-0.2, -0.15) is 0 Å². The Bertz CT molecular complexity index is 692. The van der Waals surface area contributed by atoms with Crippen molar-refractivity contribution >= 4 is 35.3 Å². The number of hydrogen-bond donors (Lipinski definition) is 2. The van der Waals surface area contributed by atoms with Crippen LogP contribution in [0.5, 0.6) is 0 Å². The summed E-state index contributed by atoms with van der Waals surface area (Å²) in [5.41, 5.74) is 5.64. The van der Waals surface area contributed by atoms with Crippen LogP contribution in [0.2, 0.25) is 5.02 Å². The zero-order valence-corrected chi connectivity index (χ0v) is 14.8. The van der Waals surface area contributed by atoms with Crippen molar-refractivity contribution in [1.29, 1.82) is 0 Å². The maximum atomic E-state index is 12.2. The number of nitrogens with zero attached hydrogens (tertiary/aromatic N) is 1. The summed E-state index contributed by atoms with van der Waals surface area (Å²) in [6.07, 6.45) is 2.08. The molecule has 1 aliphatic heterocycles. The second kappa shape index (κ2) is 9.19. The Kier molecular flexibility index (Phi) is 6.97. The minimum absolute atomic E-state index is 0.343. The average Bonchev–Trinajstić information content (AvgIpc) is 2.64. The first-order valence-electron chi connectivity index (χ1n) is 8.16. The van der Waals surface area contributed by atoms with Crippen molar-refractivity contribution in [2.45, 2.75) is 25.3 Å². The van der Waals surface area contributed by atoms with E-state index in [1.54, 1.807) is 12.1 Å². The Hall–Kier alpha value is -2.61. The number of hydrogen-bond acceptors (Lipinski definition) is 5. The van der Waals surface area contributed by atoms with E-state index in [-0.39, 0.29) is 6.54 Å². The molecule has 3 amide bonds. The molecule has 1 saturated heterocycles. The van der Waals surface area contributed by atoms with Crippen LogP contribution in [-0.2, 0) is 19.1 Å². The smallest absolute Gasteiger partial charge is 0.325 e. The second-order valence-corrected chi connectivity index (χ2v) is 6.29. The van der Waals surface area contributed by atoms with Crippen molar-refractivity contribution < 1.29 is 23.9 Å². The highest BCUT2D eigenvalue weighted by Crippen LogP contribution is 2.16. The predicted molar refractivity (Wildman–Crippen MR) is 93.3 cm³/mol. The van der Waals surface area contributed by atoms with Crippen LogP contribution in [0.25, 0.3) is 0 Å². The summed E-state index contributed by atoms with van der Waals surface area (Å²) in [4.78, 5) is 48.5. The van der Waals surface area contributed by atoms with Gasteiger partial charge in [-0.3, -0.25) is 19.2 Å². The average molecular weight is 382 g/mol. The molecule has 8 nitrogen and oxygen atoms in total. The van der Waals surface area contributed by atoms with E-state index in [1.165, 1.54) is 17.0 Å². The summed E-state index contributed by atoms with van der Waals surface area (Å²) in [6, 6.07) is 5.49. The number of amides is 3. The van der Waals surface area contributed by atoms with Gasteiger partial charge in [-0.05, 0) is 43.5 Å². The summed E-state index contributed by atoms with van der Waals surface area (Å²) in [5, 5.41) is 2.88. The van der Waals surface area contributed by atoms with Gasteiger partial charge in [0.1, 0.15) is 12.6 Å². The SMILES string of the molecule is NC(=O)[C@H]1CCCCN1C(=O)COC(=O)CNC(=O)c1ccc(Cl)cc1. The molecule has 3 N–H and O–H groups in total. The lowest BCUT2D eigenvalue weighted by Crippen LogP contribution is -2.51. The number of likely N-dealkylation sites (tertiary alicyclic amines) is 1. The molecule has 0 spiro atoms. The third kappa shape index (κ3) is 5.45. The molecule has 1 aromatic carbocycles. The maximum absolute atomic E-state index is 12.2. The number of piperidine rings is 1. The number of esters is 1. The molecule has 1 heterocycles. The van der Waals surface area contributed by atoms with Crippen molar-refractivity contribution in [3.8, 4) is 0 Å². The van der Waals surface area contributed by atoms with Gasteiger partial charge < -0.3 is 20.7 Å². The lowest BCUT2D eigenvalue weighted by molar-refractivity contribution is -0.154. The van der Waals surface area contributed by atoms with Gasteiger partial charge in [0, 0.05) is 17.1 Å². The fourth-order valence-corrected chi connectivity index (χ4v) is 2.78. The van der Waals surface area contributed by atoms with Gasteiger partial charge >= 0.3 is 5.97 Å². The van der Waals surface area contributed by atoms with Crippen LogP contribution < -0.4 is 11.1 Å². The molecule has 0 unspecified atom stereocenters. The van der Waals surface area contributed by atoms with Crippen LogP contribution in [0.3, 0.4) is 0 Å². The van der Waals surface area contributed by atoms with Crippen LogP contribution in [0.1, 0.15) is 29.6 Å². The molecule has 0 aliphatic carbocycles. The van der Waals surface area contributed by atoms with Gasteiger partial charge in [0.25, 0.3) is 11.8 Å². The van der Waals surface area contributed by atoms with Crippen molar-refractivity contribution in [3.05, 3.63) is 34.9 Å². The van der Waals surface area contributed by atoms with Crippen LogP contribution in [0.15, 0.2) is 24.3 Å². The van der Waals surface area contributed by atoms with Gasteiger partial charge in [-0.15, -0.1) is 0 Å². The third-order valence-corrected chi connectivity index (χ3v) is 4.26. The molecule has 0 radical (unpaired) electrons. The lowest BCUT2D eigenvalue weighted by atomic mass is 10.0. The van der Waals surface area contributed by atoms with Crippen molar-refractivity contribution in [2.75, 3.05) is 19.7 Å². The standard InChI is InChI=1S/C17H20ClN3O5/c18-12-6-4-11(5-7-12)17(25)20-9-15(23)26-10-14(22)21-8-2-1-3-13(21)16(19)24/h4-7,13H,1-3,8-10H2,(H2,19,24)(H,20,25)/t13-/m1/s1. The van der Waals surface area contributed by atoms with E-state index in [2.05, 4.69) is 5.32 Å². The van der Waals surface area contributed by atoms with Crippen LogP contribution >= 0.6 is 11.6 Å². The minimum atomic E-state index is -0.756. The Morgan fingerprint density at radius 1 is 1.19 bits per heavy atom. The van der Waals surface area contributed by atoms with E-state index in [4.69, 9.17) is 22.1 Å². The van der Waals surface area contributed by atoms with E-state index in [0.29, 0.717) is 23.6 Å². The van der Waals surface area contributed by atoms with Crippen molar-refractivity contribution in [1.82, 2.24) is 10.2 Å². The van der Waals surface area contributed by atoms with Gasteiger partial charge in [0.2, 0.25) is 5.91 Å². The first kappa shape index (κ1) is 19.7. The first-order valence-corrected chi connectivity index (χ1v) is 8.54. The number of ether oxygens (including phenoxy) is 1. The molecular weight excluding hydrogens is 362 g/mol. The zero-order valence-electron chi connectivity index (χ0n) is 14.1. The molecule has 1 aliphatic rings. The highest BCUT2D eigenvalue weighted by atomic mass is 35.5. The van der Waals surface area contributed by atoms with E-state index < -0.39 is 36.3 Å². The quantitative estimate of drug-likeness (QED) is 0.694. The fraction of sp³-hybridized carbons (Fsp3) is 0.412. The molecule has 1 aromatic rings. The molecule has 1 atom stereocenters. The van der Waals surface area contributed by atoms with Crippen LogP contribution in [0, 0.1) is 0 Å². The fourth-order valence-electron chi connectivity index (χ4n) is 2.66. The van der Waals surface area contributed by atoms with E-state index >= 15 is 0 Å². The van der Waals surface area contributed by atoms with Gasteiger partial charge in [0.15, 0.2) is 6.61 Å². The molecule has 9 heteroatoms. The largest absolute Gasteiger partial charge is 0.454 e. The molecular formula is C17H20ClN3O5. The monoisotopic (exact) mass is 381 g/mol. The summed E-state index contributed by atoms with van der Waals surface area (Å²) >= 11 is 5.74. The third-order valence-electron chi connectivity index (χ3n) is 4.01. The number of primary amides is 1. The summed E-state index contributed by atoms with van der Waals surface area (Å²) in [7, 11) is 0. The molecule has 0 aromatic heterocycles. The summed E-state index contributed by atoms with van der Waals surface area (Å²) < 4.78 is 4.87. The zero-order chi connectivity index (χ0) is 19.1. The molecule has 1 fully saturated rings. The number of carbonyl (C=O) groups excluding carboxylic acids is 4. The Morgan fingerprint density at radius 2 is 1.88 bits per heavy atom. The van der Waals surface area contributed by atoms with E-state index in [1.807, 2.05) is 0 Å². The number of halogens is 1. The number of nitrogens with two attached hydrogens (primary N) is 1. The van der Waals surface area contributed by atoms with Crippen molar-refractivity contribution in [2.24, 2.45) is 5.73 Å². The second-order valence-electron chi connectivity index (χ2n) is 5.85. The van der Waals surface area contributed by atoms with Gasteiger partial charge in [-0.1, -0.05) is 11.6 Å². The van der Waals surface area contributed by atoms with Gasteiger partial charge in [-0.25, -0.2) is 0 Å². The summed E-state index contributed by atoms with van der Waals surface area (Å²) in [6.45, 7) is -0.481. The number of rotatable bonds is 6. The summed E-state index contributed by atoms with van der Waals surface area (Å²) in [5.74, 6) is -2.27. The number of carbonyl (C=O) groups is 4. The van der Waals surface area contributed by atoms with Crippen molar-refractivity contribution in [3.63, 3.8) is 0 Å². The van der Waals surface area contributed by atoms with Crippen LogP contribution in [0.4, 0.5) is 0 Å². The van der Waals surface area contributed by atoms with Crippen LogP contribution in [-0.4, -0.2) is 54.3 Å². The normalized spacial score (nSPS) is 16.7. The van der Waals surface area contributed by atoms with E-state index in [9.17, 15) is 19.2 Å². The Balaban J connectivity index is 1.77. The molecule has 0 bridgehead atoms. The molecule has 140 valence electrons. The number of nitrogens with one attached hydrogen (secondary N) is 1. The number of benzene rings is 1. The Morgan fingerprint density at radius 3 is 2.54 bits per heavy atom. The van der Waals surface area contributed by atoms with E-state index in [0.717, 1.165) is 12.8 Å². The topological polar surface area (TPSA) is 119 Å². The minimum Gasteiger partial charge on any atom is -0.454 e. The first-order chi connectivity index (χ1) is 12.4. The Labute approximate surface area is 155 Å². The predicted octanol–water partition coefficient (Wildman–Crippen LogP) is 0.479. The highest BCUT2D eigenvalue weighted by molar-refractivity contribution is 6.30. The maximum Gasteiger partial charge on any atom is 0.325 e. The molecule has 2 rings (SSSR count).